The zero-order chi connectivity index (χ0) is 25.5. The van der Waals surface area contributed by atoms with Crippen LogP contribution in [-0.2, 0) is 22.4 Å². The van der Waals surface area contributed by atoms with Crippen molar-refractivity contribution in [1.29, 1.82) is 0 Å². The Morgan fingerprint density at radius 3 is 2.34 bits per heavy atom. The Balaban J connectivity index is 1.84. The van der Waals surface area contributed by atoms with Crippen molar-refractivity contribution in [2.24, 2.45) is 0 Å². The number of nitrogens with zero attached hydrogens (tertiary/aromatic N) is 1. The molecule has 0 saturated carbocycles. The Bertz CT molecular complexity index is 853. The van der Waals surface area contributed by atoms with E-state index in [0.717, 1.165) is 55.6 Å². The Labute approximate surface area is 209 Å². The largest absolute Gasteiger partial charge is 0.497 e. The topological polar surface area (TPSA) is 88.5 Å². The highest BCUT2D eigenvalue weighted by Gasteiger charge is 2.17. The molecule has 7 heteroatoms. The predicted octanol–water partition coefficient (Wildman–Crippen LogP) is 3.98. The molecule has 0 bridgehead atoms. The Morgan fingerprint density at radius 2 is 1.66 bits per heavy atom. The first-order valence-corrected chi connectivity index (χ1v) is 12.4. The van der Waals surface area contributed by atoms with Crippen molar-refractivity contribution in [3.63, 3.8) is 0 Å². The highest BCUT2D eigenvalue weighted by molar-refractivity contribution is 5.69. The van der Waals surface area contributed by atoms with Crippen LogP contribution in [0.3, 0.4) is 0 Å². The number of likely N-dealkylation sites (N-methyl/N-ethyl adjacent to an activating group) is 1. The van der Waals surface area contributed by atoms with Gasteiger partial charge in [0.1, 0.15) is 24.2 Å². The quantitative estimate of drug-likeness (QED) is 0.198. The second-order valence-electron chi connectivity index (χ2n) is 9.07. The fourth-order valence-corrected chi connectivity index (χ4v) is 3.83. The van der Waals surface area contributed by atoms with E-state index in [-0.39, 0.29) is 18.7 Å². The number of benzene rings is 2. The van der Waals surface area contributed by atoms with E-state index in [0.29, 0.717) is 19.4 Å². The number of para-hydroxylation sites is 1. The SMILES string of the molecule is COc1ccc(CCc2ccccc2OC[C@H](CN(C)C)OC(=O)CCCCCCC(O)O)cc1. The molecule has 0 aliphatic rings. The van der Waals surface area contributed by atoms with Crippen molar-refractivity contribution in [1.82, 2.24) is 4.90 Å². The molecule has 2 aromatic rings. The molecule has 0 aliphatic carbocycles. The van der Waals surface area contributed by atoms with Crippen LogP contribution in [-0.4, -0.2) is 67.8 Å². The zero-order valence-electron chi connectivity index (χ0n) is 21.3. The summed E-state index contributed by atoms with van der Waals surface area (Å²) in [4.78, 5) is 14.4. The summed E-state index contributed by atoms with van der Waals surface area (Å²) < 4.78 is 17.1. The normalized spacial score (nSPS) is 12.1. The van der Waals surface area contributed by atoms with E-state index in [2.05, 4.69) is 18.2 Å². The third-order valence-electron chi connectivity index (χ3n) is 5.70. The van der Waals surface area contributed by atoms with Crippen molar-refractivity contribution < 1.29 is 29.2 Å². The van der Waals surface area contributed by atoms with Gasteiger partial charge in [-0.2, -0.15) is 0 Å². The summed E-state index contributed by atoms with van der Waals surface area (Å²) in [6, 6.07) is 16.1. The number of rotatable bonds is 17. The van der Waals surface area contributed by atoms with E-state index in [1.807, 2.05) is 49.3 Å². The lowest BCUT2D eigenvalue weighted by Gasteiger charge is -2.22. The number of hydrogen-bond donors (Lipinski definition) is 2. The summed E-state index contributed by atoms with van der Waals surface area (Å²) in [5, 5.41) is 17.8. The van der Waals surface area contributed by atoms with E-state index in [4.69, 9.17) is 24.4 Å². The third-order valence-corrected chi connectivity index (χ3v) is 5.70. The van der Waals surface area contributed by atoms with Crippen molar-refractivity contribution in [2.45, 2.75) is 63.8 Å². The van der Waals surface area contributed by atoms with Gasteiger partial charge in [0.15, 0.2) is 6.29 Å². The van der Waals surface area contributed by atoms with Gasteiger partial charge in [0, 0.05) is 13.0 Å². The Morgan fingerprint density at radius 1 is 0.943 bits per heavy atom. The molecule has 1 atom stereocenters. The van der Waals surface area contributed by atoms with Crippen molar-refractivity contribution in [2.75, 3.05) is 34.4 Å². The van der Waals surface area contributed by atoms with Crippen LogP contribution in [0.15, 0.2) is 48.5 Å². The van der Waals surface area contributed by atoms with E-state index in [1.54, 1.807) is 7.11 Å². The fraction of sp³-hybridized carbons (Fsp3) is 0.536. The second kappa shape index (κ2) is 16.1. The van der Waals surface area contributed by atoms with Gasteiger partial charge in [0.25, 0.3) is 0 Å². The lowest BCUT2D eigenvalue weighted by Crippen LogP contribution is -2.35. The average molecular weight is 488 g/mol. The van der Waals surface area contributed by atoms with Crippen LogP contribution in [0.1, 0.15) is 49.7 Å². The van der Waals surface area contributed by atoms with Crippen LogP contribution < -0.4 is 9.47 Å². The molecule has 0 aromatic heterocycles. The van der Waals surface area contributed by atoms with E-state index in [1.165, 1.54) is 5.56 Å². The van der Waals surface area contributed by atoms with Gasteiger partial charge >= 0.3 is 5.97 Å². The maximum absolute atomic E-state index is 12.4. The molecule has 0 amide bonds. The first-order valence-electron chi connectivity index (χ1n) is 12.4. The van der Waals surface area contributed by atoms with E-state index in [9.17, 15) is 4.79 Å². The standard InChI is InChI=1S/C28H41NO6/c1-29(2)20-25(35-28(32)13-7-5-4-6-12-27(30)31)21-34-26-11-9-8-10-23(26)17-14-22-15-18-24(33-3)19-16-22/h8-11,15-16,18-19,25,27,30-31H,4-7,12-14,17,20-21H2,1-3H3/t25-/m0/s1. The van der Waals surface area contributed by atoms with E-state index < -0.39 is 6.29 Å². The van der Waals surface area contributed by atoms with Crippen LogP contribution in [0.5, 0.6) is 11.5 Å². The van der Waals surface area contributed by atoms with Crippen molar-refractivity contribution in [3.8, 4) is 11.5 Å². The van der Waals surface area contributed by atoms with E-state index >= 15 is 0 Å². The van der Waals surface area contributed by atoms with Crippen LogP contribution >= 0.6 is 0 Å². The molecule has 35 heavy (non-hydrogen) atoms. The number of hydrogen-bond acceptors (Lipinski definition) is 7. The van der Waals surface area contributed by atoms with Gasteiger partial charge < -0.3 is 29.3 Å². The van der Waals surface area contributed by atoms with Gasteiger partial charge in [-0.15, -0.1) is 0 Å². The van der Waals surface area contributed by atoms with Crippen LogP contribution in [0, 0.1) is 0 Å². The van der Waals surface area contributed by atoms with Gasteiger partial charge in [-0.05, 0) is 75.5 Å². The molecule has 194 valence electrons. The first-order chi connectivity index (χ1) is 16.9. The molecular formula is C28H41NO6. The molecule has 0 saturated heterocycles. The summed E-state index contributed by atoms with van der Waals surface area (Å²) in [5.41, 5.74) is 2.35. The lowest BCUT2D eigenvalue weighted by molar-refractivity contribution is -0.151. The number of aryl methyl sites for hydroxylation is 2. The molecule has 0 heterocycles. The molecule has 2 N–H and O–H groups in total. The minimum atomic E-state index is -1.25. The summed E-state index contributed by atoms with van der Waals surface area (Å²) in [6.45, 7) is 0.867. The smallest absolute Gasteiger partial charge is 0.306 e. The van der Waals surface area contributed by atoms with Gasteiger partial charge in [-0.25, -0.2) is 0 Å². The highest BCUT2D eigenvalue weighted by atomic mass is 16.6. The van der Waals surface area contributed by atoms with Crippen molar-refractivity contribution in [3.05, 3.63) is 59.7 Å². The minimum Gasteiger partial charge on any atom is -0.497 e. The number of carbonyl (C=O) groups is 1. The molecular weight excluding hydrogens is 446 g/mol. The monoisotopic (exact) mass is 487 g/mol. The molecule has 7 nitrogen and oxygen atoms in total. The van der Waals surface area contributed by atoms with Crippen molar-refractivity contribution >= 4 is 5.97 Å². The lowest BCUT2D eigenvalue weighted by atomic mass is 10.0. The molecule has 0 radical (unpaired) electrons. The Hall–Kier alpha value is -2.61. The minimum absolute atomic E-state index is 0.226. The summed E-state index contributed by atoms with van der Waals surface area (Å²) in [7, 11) is 5.55. The molecule has 0 spiro atoms. The number of aliphatic hydroxyl groups is 2. The predicted molar refractivity (Wildman–Crippen MR) is 137 cm³/mol. The number of aliphatic hydroxyl groups excluding tert-OH is 1. The maximum Gasteiger partial charge on any atom is 0.306 e. The summed E-state index contributed by atoms with van der Waals surface area (Å²) in [6.07, 6.45) is 4.02. The molecule has 2 aromatic carbocycles. The summed E-state index contributed by atoms with van der Waals surface area (Å²) >= 11 is 0. The van der Waals surface area contributed by atoms with Crippen LogP contribution in [0.2, 0.25) is 0 Å². The van der Waals surface area contributed by atoms with Gasteiger partial charge in [-0.3, -0.25) is 4.79 Å². The fourth-order valence-electron chi connectivity index (χ4n) is 3.83. The number of carbonyl (C=O) groups excluding carboxylic acids is 1. The van der Waals surface area contributed by atoms with Gasteiger partial charge in [0.05, 0.1) is 7.11 Å². The number of ether oxygens (including phenoxy) is 3. The van der Waals surface area contributed by atoms with Gasteiger partial charge in [0.2, 0.25) is 0 Å². The number of esters is 1. The zero-order valence-corrected chi connectivity index (χ0v) is 21.3. The highest BCUT2D eigenvalue weighted by Crippen LogP contribution is 2.21. The average Bonchev–Trinajstić information content (AvgIpc) is 2.83. The number of methoxy groups -OCH3 is 1. The van der Waals surface area contributed by atoms with Crippen LogP contribution in [0.25, 0.3) is 0 Å². The molecule has 0 unspecified atom stereocenters. The second-order valence-corrected chi connectivity index (χ2v) is 9.07. The van der Waals surface area contributed by atoms with Crippen LogP contribution in [0.4, 0.5) is 0 Å². The molecule has 0 aliphatic heterocycles. The molecule has 0 fully saturated rings. The Kier molecular flexibility index (Phi) is 13.2. The number of unbranched alkanes of at least 4 members (excludes halogenated alkanes) is 3. The first kappa shape index (κ1) is 28.6. The summed E-state index contributed by atoms with van der Waals surface area (Å²) in [5.74, 6) is 1.43. The maximum atomic E-state index is 12.4. The van der Waals surface area contributed by atoms with Gasteiger partial charge in [-0.1, -0.05) is 43.2 Å². The molecule has 2 rings (SSSR count). The third kappa shape index (κ3) is 12.1.